The highest BCUT2D eigenvalue weighted by atomic mass is 16.3. The Morgan fingerprint density at radius 2 is 1.65 bits per heavy atom. The quantitative estimate of drug-likeness (QED) is 0.863. The normalized spacial score (nSPS) is 20.1. The average molecular weight is 264 g/mol. The molecule has 0 bridgehead atoms. The second-order valence-corrected chi connectivity index (χ2v) is 6.08. The van der Waals surface area contributed by atoms with E-state index in [9.17, 15) is 5.11 Å². The van der Waals surface area contributed by atoms with E-state index in [0.717, 1.165) is 6.42 Å². The van der Waals surface area contributed by atoms with Crippen molar-refractivity contribution in [2.75, 3.05) is 0 Å². The van der Waals surface area contributed by atoms with Gasteiger partial charge in [-0.25, -0.2) is 0 Å². The molecule has 0 radical (unpaired) electrons. The molecule has 1 nitrogen and oxygen atoms in total. The minimum absolute atomic E-state index is 0.153. The van der Waals surface area contributed by atoms with Crippen LogP contribution in [0.1, 0.15) is 30.5 Å². The Bertz CT molecular complexity index is 632. The molecule has 20 heavy (non-hydrogen) atoms. The van der Waals surface area contributed by atoms with Crippen molar-refractivity contribution in [3.63, 3.8) is 0 Å². The summed E-state index contributed by atoms with van der Waals surface area (Å²) in [5.41, 5.74) is 4.35. The second kappa shape index (κ2) is 4.92. The molecular weight excluding hydrogens is 244 g/mol. The zero-order valence-electron chi connectivity index (χ0n) is 12.0. The van der Waals surface area contributed by atoms with Crippen LogP contribution in [0.25, 0.3) is 11.6 Å². The smallest absolute Gasteiger partial charge is 0.0663 e. The van der Waals surface area contributed by atoms with E-state index in [1.54, 1.807) is 0 Å². The maximum absolute atomic E-state index is 10.5. The molecule has 1 aliphatic carbocycles. The number of hydrogen-bond donors (Lipinski definition) is 1. The first kappa shape index (κ1) is 13.1. The van der Waals surface area contributed by atoms with Crippen LogP contribution >= 0.6 is 0 Å². The number of benzene rings is 2. The van der Waals surface area contributed by atoms with Crippen LogP contribution in [0.4, 0.5) is 0 Å². The summed E-state index contributed by atoms with van der Waals surface area (Å²) in [5.74, 6) is 0.153. The average Bonchev–Trinajstić information content (AvgIpc) is 2.79. The Labute approximate surface area is 120 Å². The maximum atomic E-state index is 10.5. The monoisotopic (exact) mass is 264 g/mol. The van der Waals surface area contributed by atoms with Crippen LogP contribution in [0.5, 0.6) is 0 Å². The molecule has 0 spiro atoms. The van der Waals surface area contributed by atoms with Gasteiger partial charge in [-0.3, -0.25) is 0 Å². The van der Waals surface area contributed by atoms with Crippen molar-refractivity contribution in [1.29, 1.82) is 0 Å². The number of aliphatic hydroxyl groups is 1. The molecule has 2 aromatic rings. The van der Waals surface area contributed by atoms with E-state index in [4.69, 9.17) is 0 Å². The van der Waals surface area contributed by atoms with Crippen LogP contribution in [-0.4, -0.2) is 10.7 Å². The molecule has 1 heteroatoms. The molecule has 0 aliphatic heterocycles. The van der Waals surface area contributed by atoms with Gasteiger partial charge in [0.2, 0.25) is 0 Å². The van der Waals surface area contributed by atoms with Crippen molar-refractivity contribution >= 4 is 11.6 Å². The van der Waals surface area contributed by atoms with Crippen LogP contribution < -0.4 is 0 Å². The van der Waals surface area contributed by atoms with Crippen LogP contribution in [-0.2, 0) is 6.42 Å². The summed E-state index contributed by atoms with van der Waals surface area (Å²) in [4.78, 5) is 0. The Balaban J connectivity index is 2.11. The zero-order chi connectivity index (χ0) is 14.2. The highest BCUT2D eigenvalue weighted by Crippen LogP contribution is 2.43. The van der Waals surface area contributed by atoms with Gasteiger partial charge in [0.1, 0.15) is 0 Å². The minimum atomic E-state index is -0.709. The fraction of sp³-hybridized carbons (Fsp3) is 0.263. The lowest BCUT2D eigenvalue weighted by molar-refractivity contribution is 0.0434. The Morgan fingerprint density at radius 3 is 2.35 bits per heavy atom. The van der Waals surface area contributed by atoms with Crippen LogP contribution in [0.2, 0.25) is 0 Å². The van der Waals surface area contributed by atoms with Gasteiger partial charge in [-0.2, -0.15) is 0 Å². The molecule has 0 heterocycles. The largest absolute Gasteiger partial charge is 0.390 e. The molecule has 0 amide bonds. The number of rotatable bonds is 2. The first-order valence-corrected chi connectivity index (χ1v) is 7.13. The van der Waals surface area contributed by atoms with E-state index in [2.05, 4.69) is 42.5 Å². The van der Waals surface area contributed by atoms with Gasteiger partial charge in [0.05, 0.1) is 5.60 Å². The van der Waals surface area contributed by atoms with Gasteiger partial charge in [0.25, 0.3) is 0 Å². The maximum Gasteiger partial charge on any atom is 0.0663 e. The highest BCUT2D eigenvalue weighted by molar-refractivity contribution is 5.87. The third kappa shape index (κ3) is 2.41. The lowest BCUT2D eigenvalue weighted by Crippen LogP contribution is -2.30. The van der Waals surface area contributed by atoms with Gasteiger partial charge in [0.15, 0.2) is 0 Å². The SMILES string of the molecule is CC(C)(O)C1Cc2ccccc2/C1=C\c1ccccc1. The van der Waals surface area contributed by atoms with Crippen LogP contribution in [0, 0.1) is 5.92 Å². The summed E-state index contributed by atoms with van der Waals surface area (Å²) in [6.07, 6.45) is 3.13. The fourth-order valence-electron chi connectivity index (χ4n) is 3.03. The van der Waals surface area contributed by atoms with E-state index < -0.39 is 5.60 Å². The third-order valence-electron chi connectivity index (χ3n) is 4.10. The first-order valence-electron chi connectivity index (χ1n) is 7.13. The highest BCUT2D eigenvalue weighted by Gasteiger charge is 2.36. The Kier molecular flexibility index (Phi) is 3.23. The molecule has 102 valence electrons. The lowest BCUT2D eigenvalue weighted by Gasteiger charge is -2.27. The fourth-order valence-corrected chi connectivity index (χ4v) is 3.03. The molecule has 1 atom stereocenters. The van der Waals surface area contributed by atoms with Crippen molar-refractivity contribution < 1.29 is 5.11 Å². The third-order valence-corrected chi connectivity index (χ3v) is 4.10. The summed E-state index contributed by atoms with van der Waals surface area (Å²) < 4.78 is 0. The summed E-state index contributed by atoms with van der Waals surface area (Å²) >= 11 is 0. The minimum Gasteiger partial charge on any atom is -0.390 e. The van der Waals surface area contributed by atoms with Gasteiger partial charge in [0, 0.05) is 5.92 Å². The van der Waals surface area contributed by atoms with Gasteiger partial charge in [-0.1, -0.05) is 60.7 Å². The van der Waals surface area contributed by atoms with E-state index in [1.807, 2.05) is 32.0 Å². The topological polar surface area (TPSA) is 20.2 Å². The molecule has 0 fully saturated rings. The predicted molar refractivity (Wildman–Crippen MR) is 84.2 cm³/mol. The predicted octanol–water partition coefficient (Wildman–Crippen LogP) is 4.17. The van der Waals surface area contributed by atoms with Crippen molar-refractivity contribution in [2.45, 2.75) is 25.9 Å². The molecule has 1 N–H and O–H groups in total. The summed E-state index contributed by atoms with van der Waals surface area (Å²) in [7, 11) is 0. The van der Waals surface area contributed by atoms with Gasteiger partial charge in [-0.15, -0.1) is 0 Å². The Morgan fingerprint density at radius 1 is 1.00 bits per heavy atom. The lowest BCUT2D eigenvalue weighted by atomic mass is 9.84. The molecule has 1 aliphatic rings. The number of hydrogen-bond acceptors (Lipinski definition) is 1. The van der Waals surface area contributed by atoms with E-state index in [1.165, 1.54) is 22.3 Å². The van der Waals surface area contributed by atoms with Gasteiger partial charge >= 0.3 is 0 Å². The molecule has 1 unspecified atom stereocenters. The molecule has 0 saturated carbocycles. The van der Waals surface area contributed by atoms with Gasteiger partial charge in [-0.05, 0) is 42.5 Å². The zero-order valence-corrected chi connectivity index (χ0v) is 12.0. The molecular formula is C19H20O. The summed E-state index contributed by atoms with van der Waals surface area (Å²) in [6.45, 7) is 3.81. The molecule has 3 rings (SSSR count). The van der Waals surface area contributed by atoms with Crippen molar-refractivity contribution in [3.8, 4) is 0 Å². The first-order chi connectivity index (χ1) is 9.55. The standard InChI is InChI=1S/C19H20O/c1-19(2,20)18-13-15-10-6-7-11-16(15)17(18)12-14-8-4-3-5-9-14/h3-12,18,20H,13H2,1-2H3/b17-12+. The molecule has 0 saturated heterocycles. The van der Waals surface area contributed by atoms with E-state index >= 15 is 0 Å². The molecule has 0 aromatic heterocycles. The Hall–Kier alpha value is -1.86. The van der Waals surface area contributed by atoms with Crippen molar-refractivity contribution in [3.05, 3.63) is 71.3 Å². The summed E-state index contributed by atoms with van der Waals surface area (Å²) in [5, 5.41) is 10.5. The van der Waals surface area contributed by atoms with Crippen LogP contribution in [0.3, 0.4) is 0 Å². The van der Waals surface area contributed by atoms with Crippen molar-refractivity contribution in [2.24, 2.45) is 5.92 Å². The number of fused-ring (bicyclic) bond motifs is 1. The van der Waals surface area contributed by atoms with Crippen LogP contribution in [0.15, 0.2) is 54.6 Å². The van der Waals surface area contributed by atoms with E-state index in [-0.39, 0.29) is 5.92 Å². The van der Waals surface area contributed by atoms with Gasteiger partial charge < -0.3 is 5.11 Å². The van der Waals surface area contributed by atoms with E-state index in [0.29, 0.717) is 0 Å². The summed E-state index contributed by atoms with van der Waals surface area (Å²) in [6, 6.07) is 18.8. The molecule has 2 aromatic carbocycles. The van der Waals surface area contributed by atoms with Crippen molar-refractivity contribution in [1.82, 2.24) is 0 Å². The second-order valence-electron chi connectivity index (χ2n) is 6.08.